The quantitative estimate of drug-likeness (QED) is 0.531. The van der Waals surface area contributed by atoms with Gasteiger partial charge in [-0.3, -0.25) is 4.79 Å². The maximum atomic E-state index is 11.8. The number of amides is 1. The topological polar surface area (TPSA) is 87.1 Å². The Hall–Kier alpha value is -0.890. The van der Waals surface area contributed by atoms with Crippen molar-refractivity contribution in [3.8, 4) is 0 Å². The van der Waals surface area contributed by atoms with E-state index in [0.29, 0.717) is 24.0 Å². The summed E-state index contributed by atoms with van der Waals surface area (Å²) >= 11 is 1.33. The van der Waals surface area contributed by atoms with E-state index in [1.807, 2.05) is 19.9 Å². The Labute approximate surface area is 134 Å². The highest BCUT2D eigenvalue weighted by Crippen LogP contribution is 2.14. The van der Waals surface area contributed by atoms with E-state index in [2.05, 4.69) is 20.6 Å². The number of hydrogen-bond acceptors (Lipinski definition) is 6. The number of carbonyl (C=O) groups excluding carboxylic acids is 1. The molecule has 1 aliphatic heterocycles. The van der Waals surface area contributed by atoms with Crippen LogP contribution in [0.15, 0.2) is 11.2 Å². The number of aryl methyl sites for hydroxylation is 2. The Bertz CT molecular complexity index is 469. The average Bonchev–Trinajstić information content (AvgIpc) is 2.78. The summed E-state index contributed by atoms with van der Waals surface area (Å²) in [7, 11) is 0. The zero-order valence-corrected chi connectivity index (χ0v) is 13.8. The van der Waals surface area contributed by atoms with Gasteiger partial charge in [0.15, 0.2) is 5.16 Å². The fourth-order valence-corrected chi connectivity index (χ4v) is 2.89. The number of rotatable bonds is 5. The van der Waals surface area contributed by atoms with E-state index in [-0.39, 0.29) is 30.3 Å². The van der Waals surface area contributed by atoms with Crippen LogP contribution in [0.3, 0.4) is 0 Å². The van der Waals surface area contributed by atoms with Crippen LogP contribution >= 0.6 is 24.2 Å². The maximum absolute atomic E-state index is 11.8. The largest absolute Gasteiger partial charge is 0.391 e. The molecule has 1 aromatic heterocycles. The van der Waals surface area contributed by atoms with E-state index in [0.717, 1.165) is 17.9 Å². The molecule has 0 spiro atoms. The third kappa shape index (κ3) is 5.78. The molecule has 2 heterocycles. The molecule has 1 saturated heterocycles. The summed E-state index contributed by atoms with van der Waals surface area (Å²) in [4.78, 5) is 20.3. The van der Waals surface area contributed by atoms with Gasteiger partial charge in [-0.1, -0.05) is 11.8 Å². The fraction of sp³-hybridized carbons (Fsp3) is 0.615. The van der Waals surface area contributed by atoms with Crippen molar-refractivity contribution < 1.29 is 9.90 Å². The number of aliphatic hydroxyl groups excluding tert-OH is 1. The van der Waals surface area contributed by atoms with Gasteiger partial charge in [-0.25, -0.2) is 9.97 Å². The third-order valence-corrected chi connectivity index (χ3v) is 4.01. The van der Waals surface area contributed by atoms with Gasteiger partial charge in [-0.2, -0.15) is 0 Å². The molecule has 1 aromatic rings. The lowest BCUT2D eigenvalue weighted by Gasteiger charge is -2.13. The van der Waals surface area contributed by atoms with Crippen molar-refractivity contribution in [3.05, 3.63) is 17.5 Å². The highest BCUT2D eigenvalue weighted by atomic mass is 35.5. The summed E-state index contributed by atoms with van der Waals surface area (Å²) in [6.45, 7) is 5.67. The van der Waals surface area contributed by atoms with Crippen molar-refractivity contribution in [2.75, 3.05) is 25.4 Å². The summed E-state index contributed by atoms with van der Waals surface area (Å²) in [6, 6.07) is 1.90. The van der Waals surface area contributed by atoms with Gasteiger partial charge in [0.1, 0.15) is 0 Å². The number of hydrogen-bond donors (Lipinski definition) is 3. The van der Waals surface area contributed by atoms with Crippen LogP contribution in [-0.4, -0.2) is 52.5 Å². The molecule has 1 aliphatic rings. The molecule has 6 nitrogen and oxygen atoms in total. The Morgan fingerprint density at radius 1 is 1.43 bits per heavy atom. The lowest BCUT2D eigenvalue weighted by Crippen LogP contribution is -2.35. The summed E-state index contributed by atoms with van der Waals surface area (Å²) in [5.41, 5.74) is 1.81. The number of β-amino-alcohol motifs (C(OH)–C–C–N with tert-alkyl or cyclic N) is 1. The van der Waals surface area contributed by atoms with Gasteiger partial charge in [-0.15, -0.1) is 12.4 Å². The average molecular weight is 333 g/mol. The second-order valence-corrected chi connectivity index (χ2v) is 5.95. The highest BCUT2D eigenvalue weighted by molar-refractivity contribution is 7.99. The summed E-state index contributed by atoms with van der Waals surface area (Å²) in [5, 5.41) is 16.2. The number of thioether (sulfide) groups is 1. The van der Waals surface area contributed by atoms with Crippen LogP contribution < -0.4 is 10.6 Å². The molecular formula is C13H21ClN4O2S. The molecule has 0 aliphatic carbocycles. The number of aliphatic hydroxyl groups is 1. The normalized spacial score (nSPS) is 20.9. The smallest absolute Gasteiger partial charge is 0.230 e. The Balaban J connectivity index is 0.00000220. The fourth-order valence-electron chi connectivity index (χ4n) is 2.11. The Kier molecular flexibility index (Phi) is 7.37. The molecular weight excluding hydrogens is 312 g/mol. The Morgan fingerprint density at radius 2 is 2.10 bits per heavy atom. The van der Waals surface area contributed by atoms with Crippen molar-refractivity contribution in [2.45, 2.75) is 25.1 Å². The van der Waals surface area contributed by atoms with E-state index in [4.69, 9.17) is 0 Å². The summed E-state index contributed by atoms with van der Waals surface area (Å²) in [5.74, 6) is 0.331. The third-order valence-electron chi connectivity index (χ3n) is 3.16. The van der Waals surface area contributed by atoms with Crippen molar-refractivity contribution in [1.29, 1.82) is 0 Å². The number of nitrogens with zero attached hydrogens (tertiary/aromatic N) is 2. The standard InChI is InChI=1S/C13H20N4O2S.ClH/c1-8-3-9(2)17-13(16-8)20-7-12(19)15-5-10-4-14-6-11(10)18;/h3,10-11,14,18H,4-7H2,1-2H3,(H,15,19);1H. The van der Waals surface area contributed by atoms with Gasteiger partial charge in [-0.05, 0) is 19.9 Å². The van der Waals surface area contributed by atoms with Crippen LogP contribution in [0.5, 0.6) is 0 Å². The zero-order chi connectivity index (χ0) is 14.5. The molecule has 0 aromatic carbocycles. The second kappa shape index (κ2) is 8.53. The van der Waals surface area contributed by atoms with E-state index in [1.165, 1.54) is 11.8 Å². The molecule has 2 atom stereocenters. The molecule has 2 rings (SSSR count). The van der Waals surface area contributed by atoms with Crippen LogP contribution in [0, 0.1) is 19.8 Å². The number of nitrogens with one attached hydrogen (secondary N) is 2. The van der Waals surface area contributed by atoms with Crippen LogP contribution in [-0.2, 0) is 4.79 Å². The minimum absolute atomic E-state index is 0. The minimum atomic E-state index is -0.370. The van der Waals surface area contributed by atoms with Gasteiger partial charge < -0.3 is 15.7 Å². The van der Waals surface area contributed by atoms with Gasteiger partial charge in [0.05, 0.1) is 11.9 Å². The van der Waals surface area contributed by atoms with Crippen LogP contribution in [0.25, 0.3) is 0 Å². The first-order valence-electron chi connectivity index (χ1n) is 6.65. The first-order valence-corrected chi connectivity index (χ1v) is 7.63. The number of halogens is 1. The molecule has 0 bridgehead atoms. The van der Waals surface area contributed by atoms with Gasteiger partial charge in [0.25, 0.3) is 0 Å². The monoisotopic (exact) mass is 332 g/mol. The van der Waals surface area contributed by atoms with Gasteiger partial charge >= 0.3 is 0 Å². The molecule has 118 valence electrons. The van der Waals surface area contributed by atoms with Crippen LogP contribution in [0.4, 0.5) is 0 Å². The number of carbonyl (C=O) groups is 1. The van der Waals surface area contributed by atoms with Crippen molar-refractivity contribution in [2.24, 2.45) is 5.92 Å². The maximum Gasteiger partial charge on any atom is 0.230 e. The highest BCUT2D eigenvalue weighted by Gasteiger charge is 2.24. The molecule has 21 heavy (non-hydrogen) atoms. The Morgan fingerprint density at radius 3 is 2.67 bits per heavy atom. The van der Waals surface area contributed by atoms with E-state index < -0.39 is 0 Å². The van der Waals surface area contributed by atoms with Crippen molar-refractivity contribution >= 4 is 30.1 Å². The first kappa shape index (κ1) is 18.2. The first-order chi connectivity index (χ1) is 9.54. The van der Waals surface area contributed by atoms with Gasteiger partial charge in [0, 0.05) is 36.9 Å². The molecule has 0 saturated carbocycles. The lowest BCUT2D eigenvalue weighted by molar-refractivity contribution is -0.118. The molecule has 1 amide bonds. The second-order valence-electron chi connectivity index (χ2n) is 5.01. The summed E-state index contributed by atoms with van der Waals surface area (Å²) < 4.78 is 0. The molecule has 1 fully saturated rings. The predicted octanol–water partition coefficient (Wildman–Crippen LogP) is 0.304. The van der Waals surface area contributed by atoms with Crippen LogP contribution in [0.1, 0.15) is 11.4 Å². The van der Waals surface area contributed by atoms with E-state index in [9.17, 15) is 9.90 Å². The zero-order valence-electron chi connectivity index (χ0n) is 12.1. The predicted molar refractivity (Wildman–Crippen MR) is 84.9 cm³/mol. The van der Waals surface area contributed by atoms with Crippen LogP contribution in [0.2, 0.25) is 0 Å². The molecule has 2 unspecified atom stereocenters. The lowest BCUT2D eigenvalue weighted by atomic mass is 10.1. The van der Waals surface area contributed by atoms with Crippen molar-refractivity contribution in [3.63, 3.8) is 0 Å². The number of aromatic nitrogens is 2. The molecule has 0 radical (unpaired) electrons. The minimum Gasteiger partial charge on any atom is -0.391 e. The SMILES string of the molecule is Cc1cc(C)nc(SCC(=O)NCC2CNCC2O)n1.Cl. The summed E-state index contributed by atoms with van der Waals surface area (Å²) in [6.07, 6.45) is -0.370. The molecule has 3 N–H and O–H groups in total. The van der Waals surface area contributed by atoms with E-state index in [1.54, 1.807) is 0 Å². The molecule has 8 heteroatoms. The van der Waals surface area contributed by atoms with Gasteiger partial charge in [0.2, 0.25) is 5.91 Å². The van der Waals surface area contributed by atoms with E-state index >= 15 is 0 Å². The van der Waals surface area contributed by atoms with Crippen molar-refractivity contribution in [1.82, 2.24) is 20.6 Å².